The predicted octanol–water partition coefficient (Wildman–Crippen LogP) is 1.29. The first-order chi connectivity index (χ1) is 7.61. The van der Waals surface area contributed by atoms with Crippen molar-refractivity contribution in [3.05, 3.63) is 0 Å². The van der Waals surface area contributed by atoms with Crippen LogP contribution in [0.5, 0.6) is 0 Å². The van der Waals surface area contributed by atoms with Crippen LogP contribution in [0.3, 0.4) is 0 Å². The van der Waals surface area contributed by atoms with Crippen molar-refractivity contribution in [1.29, 1.82) is 0 Å². The van der Waals surface area contributed by atoms with E-state index in [-0.39, 0.29) is 12.0 Å². The minimum Gasteiger partial charge on any atom is -0.468 e. The van der Waals surface area contributed by atoms with Crippen LogP contribution in [0.2, 0.25) is 0 Å². The smallest absolute Gasteiger partial charge is 0.323 e. The predicted molar refractivity (Wildman–Crippen MR) is 62.2 cm³/mol. The molecule has 0 spiro atoms. The number of hydrogen-bond donors (Lipinski definition) is 0. The van der Waals surface area contributed by atoms with E-state index in [0.29, 0.717) is 18.6 Å². The van der Waals surface area contributed by atoms with E-state index in [2.05, 4.69) is 18.7 Å². The number of rotatable bonds is 7. The normalized spacial score (nSPS) is 17.9. The van der Waals surface area contributed by atoms with Crippen molar-refractivity contribution >= 4 is 5.97 Å². The summed E-state index contributed by atoms with van der Waals surface area (Å²) in [7, 11) is 3.15. The van der Waals surface area contributed by atoms with E-state index in [0.717, 1.165) is 19.4 Å². The second-order valence-corrected chi connectivity index (χ2v) is 4.63. The molecule has 1 saturated carbocycles. The summed E-state index contributed by atoms with van der Waals surface area (Å²) in [6, 6.07) is 0.250. The Balaban J connectivity index is 2.66. The Morgan fingerprint density at radius 3 is 2.38 bits per heavy atom. The number of ether oxygens (including phenoxy) is 2. The minimum absolute atomic E-state index is 0.0832. The van der Waals surface area contributed by atoms with Crippen LogP contribution < -0.4 is 0 Å². The lowest BCUT2D eigenvalue weighted by Crippen LogP contribution is -2.48. The summed E-state index contributed by atoms with van der Waals surface area (Å²) in [6.07, 6.45) is 2.27. The molecule has 0 bridgehead atoms. The number of nitrogens with zero attached hydrogens (tertiary/aromatic N) is 1. The Morgan fingerprint density at radius 2 is 2.00 bits per heavy atom. The first-order valence-electron chi connectivity index (χ1n) is 5.94. The Kier molecular flexibility index (Phi) is 5.22. The Morgan fingerprint density at radius 1 is 1.38 bits per heavy atom. The molecular weight excluding hydrogens is 206 g/mol. The zero-order valence-corrected chi connectivity index (χ0v) is 10.7. The topological polar surface area (TPSA) is 38.8 Å². The van der Waals surface area contributed by atoms with Gasteiger partial charge in [0.25, 0.3) is 0 Å². The highest BCUT2D eigenvalue weighted by atomic mass is 16.5. The fraction of sp³-hybridized carbons (Fsp3) is 0.917. The standard InChI is InChI=1S/C12H23NO3/c1-9(2)13(7-8-15-3)11(10-5-6-10)12(14)16-4/h9-11H,5-8H2,1-4H3. The third-order valence-electron chi connectivity index (χ3n) is 3.09. The van der Waals surface area contributed by atoms with Gasteiger partial charge in [0.05, 0.1) is 13.7 Å². The average Bonchev–Trinajstić information content (AvgIpc) is 3.06. The molecule has 1 fully saturated rings. The molecule has 4 nitrogen and oxygen atoms in total. The summed E-state index contributed by atoms with van der Waals surface area (Å²) in [4.78, 5) is 14.0. The zero-order valence-electron chi connectivity index (χ0n) is 10.7. The maximum Gasteiger partial charge on any atom is 0.323 e. The van der Waals surface area contributed by atoms with Crippen molar-refractivity contribution in [2.45, 2.75) is 38.8 Å². The molecule has 0 aromatic heterocycles. The molecule has 1 aliphatic carbocycles. The van der Waals surface area contributed by atoms with Crippen molar-refractivity contribution in [1.82, 2.24) is 4.90 Å². The Hall–Kier alpha value is -0.610. The van der Waals surface area contributed by atoms with Gasteiger partial charge < -0.3 is 9.47 Å². The number of methoxy groups -OCH3 is 2. The molecule has 1 rings (SSSR count). The Labute approximate surface area is 97.9 Å². The van der Waals surface area contributed by atoms with Gasteiger partial charge in [-0.2, -0.15) is 0 Å². The molecule has 0 amide bonds. The van der Waals surface area contributed by atoms with E-state index in [9.17, 15) is 4.79 Å². The monoisotopic (exact) mass is 229 g/mol. The van der Waals surface area contributed by atoms with E-state index in [1.165, 1.54) is 7.11 Å². The van der Waals surface area contributed by atoms with E-state index in [1.807, 2.05) is 0 Å². The highest BCUT2D eigenvalue weighted by Gasteiger charge is 2.41. The van der Waals surface area contributed by atoms with Gasteiger partial charge in [-0.25, -0.2) is 0 Å². The maximum atomic E-state index is 11.8. The molecule has 0 aromatic rings. The Bertz CT molecular complexity index is 226. The molecule has 0 heterocycles. The van der Waals surface area contributed by atoms with E-state index < -0.39 is 0 Å². The van der Waals surface area contributed by atoms with Crippen molar-refractivity contribution in [3.63, 3.8) is 0 Å². The highest BCUT2D eigenvalue weighted by molar-refractivity contribution is 5.76. The number of carbonyl (C=O) groups excluding carboxylic acids is 1. The number of esters is 1. The van der Waals surface area contributed by atoms with Crippen molar-refractivity contribution in [3.8, 4) is 0 Å². The van der Waals surface area contributed by atoms with Gasteiger partial charge in [-0.05, 0) is 32.6 Å². The lowest BCUT2D eigenvalue weighted by Gasteiger charge is -2.33. The lowest BCUT2D eigenvalue weighted by molar-refractivity contribution is -0.149. The van der Waals surface area contributed by atoms with Crippen LogP contribution in [0.4, 0.5) is 0 Å². The average molecular weight is 229 g/mol. The van der Waals surface area contributed by atoms with Crippen LogP contribution in [-0.2, 0) is 14.3 Å². The van der Waals surface area contributed by atoms with Crippen LogP contribution in [0.1, 0.15) is 26.7 Å². The molecule has 1 atom stereocenters. The molecule has 1 aliphatic rings. The first-order valence-corrected chi connectivity index (χ1v) is 5.94. The SMILES string of the molecule is COCCN(C(C)C)C(C(=O)OC)C1CC1. The van der Waals surface area contributed by atoms with Gasteiger partial charge in [-0.15, -0.1) is 0 Å². The van der Waals surface area contributed by atoms with Gasteiger partial charge in [-0.3, -0.25) is 9.69 Å². The van der Waals surface area contributed by atoms with E-state index in [1.54, 1.807) is 7.11 Å². The van der Waals surface area contributed by atoms with Crippen molar-refractivity contribution in [2.75, 3.05) is 27.4 Å². The van der Waals surface area contributed by atoms with E-state index in [4.69, 9.17) is 9.47 Å². The van der Waals surface area contributed by atoms with E-state index >= 15 is 0 Å². The molecule has 1 unspecified atom stereocenters. The molecule has 0 N–H and O–H groups in total. The molecular formula is C12H23NO3. The minimum atomic E-state index is -0.104. The number of carbonyl (C=O) groups is 1. The largest absolute Gasteiger partial charge is 0.468 e. The molecule has 0 aliphatic heterocycles. The maximum absolute atomic E-state index is 11.8. The third kappa shape index (κ3) is 3.46. The van der Waals surface area contributed by atoms with Crippen LogP contribution in [0.15, 0.2) is 0 Å². The van der Waals surface area contributed by atoms with Crippen LogP contribution in [0, 0.1) is 5.92 Å². The molecule has 16 heavy (non-hydrogen) atoms. The van der Waals surface area contributed by atoms with Gasteiger partial charge in [0, 0.05) is 19.7 Å². The summed E-state index contributed by atoms with van der Waals surface area (Å²) < 4.78 is 10.00. The second kappa shape index (κ2) is 6.21. The summed E-state index contributed by atoms with van der Waals surface area (Å²) in [6.45, 7) is 5.64. The molecule has 4 heteroatoms. The fourth-order valence-electron chi connectivity index (χ4n) is 2.05. The van der Waals surface area contributed by atoms with Crippen LogP contribution >= 0.6 is 0 Å². The van der Waals surface area contributed by atoms with Gasteiger partial charge in [0.15, 0.2) is 0 Å². The highest BCUT2D eigenvalue weighted by Crippen LogP contribution is 2.36. The van der Waals surface area contributed by atoms with Gasteiger partial charge >= 0.3 is 5.97 Å². The lowest BCUT2D eigenvalue weighted by atomic mass is 10.1. The second-order valence-electron chi connectivity index (χ2n) is 4.63. The first kappa shape index (κ1) is 13.5. The summed E-state index contributed by atoms with van der Waals surface area (Å²) in [5, 5.41) is 0. The van der Waals surface area contributed by atoms with Gasteiger partial charge in [0.2, 0.25) is 0 Å². The van der Waals surface area contributed by atoms with Crippen LogP contribution in [0.25, 0.3) is 0 Å². The summed E-state index contributed by atoms with van der Waals surface area (Å²) in [5.74, 6) is 0.374. The quantitative estimate of drug-likeness (QED) is 0.617. The van der Waals surface area contributed by atoms with Gasteiger partial charge in [0.1, 0.15) is 6.04 Å². The van der Waals surface area contributed by atoms with Crippen LogP contribution in [-0.4, -0.2) is 50.3 Å². The summed E-state index contributed by atoms with van der Waals surface area (Å²) in [5.41, 5.74) is 0. The van der Waals surface area contributed by atoms with Crippen molar-refractivity contribution < 1.29 is 14.3 Å². The summed E-state index contributed by atoms with van der Waals surface area (Å²) >= 11 is 0. The third-order valence-corrected chi connectivity index (χ3v) is 3.09. The fourth-order valence-corrected chi connectivity index (χ4v) is 2.05. The zero-order chi connectivity index (χ0) is 12.1. The molecule has 0 saturated heterocycles. The molecule has 94 valence electrons. The molecule has 0 radical (unpaired) electrons. The molecule has 0 aromatic carbocycles. The number of hydrogen-bond acceptors (Lipinski definition) is 4. The van der Waals surface area contributed by atoms with Crippen molar-refractivity contribution in [2.24, 2.45) is 5.92 Å². The van der Waals surface area contributed by atoms with Gasteiger partial charge in [-0.1, -0.05) is 0 Å².